The first kappa shape index (κ1) is 43.8. The van der Waals surface area contributed by atoms with Gasteiger partial charge in [0.2, 0.25) is 6.79 Å². The smallest absolute Gasteiger partial charge is 0.435 e. The predicted octanol–water partition coefficient (Wildman–Crippen LogP) is 4.37. The Morgan fingerprint density at radius 1 is 0.964 bits per heavy atom. The van der Waals surface area contributed by atoms with Crippen molar-refractivity contribution < 1.29 is 51.9 Å². The van der Waals surface area contributed by atoms with Crippen LogP contribution in [0, 0.1) is 11.2 Å². The summed E-state index contributed by atoms with van der Waals surface area (Å²) in [7, 11) is 2.82. The highest BCUT2D eigenvalue weighted by molar-refractivity contribution is 6.03. The largest absolute Gasteiger partial charge is 0.497 e. The monoisotopic (exact) mass is 780 g/mol. The topological polar surface area (TPSA) is 243 Å². The molecule has 1 amide bonds. The lowest BCUT2D eigenvalue weighted by Gasteiger charge is -2.23. The Morgan fingerprint density at radius 3 is 2.29 bits per heavy atom. The number of hydrogen-bond acceptors (Lipinski definition) is 14. The summed E-state index contributed by atoms with van der Waals surface area (Å²) in [6.07, 6.45) is 1.95. The molecule has 3 rings (SSSR count). The number of esters is 2. The van der Waals surface area contributed by atoms with E-state index < -0.39 is 48.1 Å². The number of rotatable bonds is 18. The SMILES string of the molecule is C=C(C)COC(=O)N=C(N)c1ccc(NC(C(N)=NC(=Nc2ncccn2)OCOC(=O)C(C)(C)COC)c2cc(OC)cc(OCCOC(C)=O)c2F)cc1. The zero-order valence-corrected chi connectivity index (χ0v) is 31.9. The zero-order valence-electron chi connectivity index (χ0n) is 31.9. The molecule has 1 atom stereocenters. The summed E-state index contributed by atoms with van der Waals surface area (Å²) < 4.78 is 53.3. The number of hydrogen-bond donors (Lipinski definition) is 3. The Labute approximate surface area is 322 Å². The van der Waals surface area contributed by atoms with E-state index in [0.29, 0.717) is 16.8 Å². The van der Waals surface area contributed by atoms with Crippen molar-refractivity contribution in [2.45, 2.75) is 33.7 Å². The highest BCUT2D eigenvalue weighted by Crippen LogP contribution is 2.33. The second-order valence-electron chi connectivity index (χ2n) is 12.4. The number of carbonyl (C=O) groups excluding carboxylic acids is 3. The van der Waals surface area contributed by atoms with Gasteiger partial charge in [0, 0.05) is 49.3 Å². The van der Waals surface area contributed by atoms with E-state index in [2.05, 4.69) is 36.8 Å². The van der Waals surface area contributed by atoms with Gasteiger partial charge in [0.15, 0.2) is 11.6 Å². The van der Waals surface area contributed by atoms with Gasteiger partial charge in [0.1, 0.15) is 43.3 Å². The van der Waals surface area contributed by atoms with Crippen molar-refractivity contribution >= 4 is 47.4 Å². The van der Waals surface area contributed by atoms with Crippen LogP contribution in [0.5, 0.6) is 11.5 Å². The minimum absolute atomic E-state index is 0.0177. The molecule has 18 nitrogen and oxygen atoms in total. The molecule has 0 spiro atoms. The average molecular weight is 781 g/mol. The van der Waals surface area contributed by atoms with Gasteiger partial charge in [-0.15, -0.1) is 0 Å². The number of methoxy groups -OCH3 is 2. The lowest BCUT2D eigenvalue weighted by Crippen LogP contribution is -2.32. The van der Waals surface area contributed by atoms with E-state index in [1.807, 2.05) is 0 Å². The van der Waals surface area contributed by atoms with Crippen LogP contribution in [0.15, 0.2) is 82.0 Å². The maximum Gasteiger partial charge on any atom is 0.435 e. The van der Waals surface area contributed by atoms with Crippen molar-refractivity contribution in [2.75, 3.05) is 52.8 Å². The van der Waals surface area contributed by atoms with Gasteiger partial charge in [-0.25, -0.2) is 19.2 Å². The van der Waals surface area contributed by atoms with E-state index in [-0.39, 0.29) is 61.1 Å². The molecule has 5 N–H and O–H groups in total. The van der Waals surface area contributed by atoms with Crippen LogP contribution in [0.4, 0.5) is 20.8 Å². The number of amidine groups is 3. The molecular weight excluding hydrogens is 735 g/mol. The molecular formula is C37H45FN8O10. The Balaban J connectivity index is 2.07. The van der Waals surface area contributed by atoms with Gasteiger partial charge in [0.05, 0.1) is 19.1 Å². The Kier molecular flexibility index (Phi) is 16.7. The molecule has 56 heavy (non-hydrogen) atoms. The molecule has 1 aromatic heterocycles. The number of halogens is 1. The number of aromatic nitrogens is 2. The van der Waals surface area contributed by atoms with Crippen LogP contribution in [0.2, 0.25) is 0 Å². The number of carbonyl (C=O) groups is 3. The summed E-state index contributed by atoms with van der Waals surface area (Å²) >= 11 is 0. The minimum Gasteiger partial charge on any atom is -0.497 e. The van der Waals surface area contributed by atoms with E-state index in [4.69, 9.17) is 44.6 Å². The fraction of sp³-hybridized carbons (Fsp3) is 0.351. The van der Waals surface area contributed by atoms with Crippen LogP contribution in [-0.4, -0.2) is 93.1 Å². The molecule has 1 unspecified atom stereocenters. The summed E-state index contributed by atoms with van der Waals surface area (Å²) in [6.45, 7) is 8.92. The summed E-state index contributed by atoms with van der Waals surface area (Å²) in [5.74, 6) is -2.63. The molecule has 3 aromatic rings. The molecule has 2 aromatic carbocycles. The molecule has 0 aliphatic heterocycles. The fourth-order valence-electron chi connectivity index (χ4n) is 4.41. The minimum atomic E-state index is -1.30. The van der Waals surface area contributed by atoms with Crippen LogP contribution in [-0.2, 0) is 33.3 Å². The van der Waals surface area contributed by atoms with Crippen molar-refractivity contribution in [1.29, 1.82) is 0 Å². The first-order valence-corrected chi connectivity index (χ1v) is 16.8. The number of nitrogens with two attached hydrogens (primary N) is 2. The Bertz CT molecular complexity index is 1920. The van der Waals surface area contributed by atoms with Gasteiger partial charge in [-0.3, -0.25) is 9.59 Å². The molecule has 0 saturated heterocycles. The number of nitrogens with one attached hydrogen (secondary N) is 1. The highest BCUT2D eigenvalue weighted by atomic mass is 19.1. The van der Waals surface area contributed by atoms with Crippen molar-refractivity contribution in [2.24, 2.45) is 31.9 Å². The van der Waals surface area contributed by atoms with Gasteiger partial charge in [-0.05, 0) is 62.7 Å². The van der Waals surface area contributed by atoms with E-state index in [0.717, 1.165) is 0 Å². The van der Waals surface area contributed by atoms with Crippen LogP contribution in [0.3, 0.4) is 0 Å². The average Bonchev–Trinajstić information content (AvgIpc) is 3.15. The molecule has 0 bridgehead atoms. The van der Waals surface area contributed by atoms with Crippen LogP contribution in [0.1, 0.15) is 44.9 Å². The molecule has 0 radical (unpaired) electrons. The lowest BCUT2D eigenvalue weighted by atomic mass is 9.95. The van der Waals surface area contributed by atoms with E-state index >= 15 is 4.39 Å². The maximum absolute atomic E-state index is 16.4. The molecule has 0 saturated carbocycles. The van der Waals surface area contributed by atoms with Gasteiger partial charge in [-0.1, -0.05) is 6.58 Å². The standard InChI is InChI=1S/C37H45FN8O10/c1-22(2)19-54-36(49)45-31(39)24-9-11-25(12-10-24)43-30(27-17-26(51-7)18-28(29(27)38)53-16-15-52-23(3)47)32(40)44-35(46-34-41-13-8-14-42-34)56-21-55-33(48)37(4,5)20-50-6/h8-14,17-18,30,43H,1,15-16,19-21H2,2-7H3,(H2,39,45,49)(H2,40,41,42,44,46). The van der Waals surface area contributed by atoms with Crippen molar-refractivity contribution in [3.63, 3.8) is 0 Å². The molecule has 0 aliphatic rings. The van der Waals surface area contributed by atoms with Crippen LogP contribution >= 0.6 is 0 Å². The van der Waals surface area contributed by atoms with Gasteiger partial charge in [0.25, 0.3) is 5.95 Å². The highest BCUT2D eigenvalue weighted by Gasteiger charge is 2.30. The summed E-state index contributed by atoms with van der Waals surface area (Å²) in [5.41, 5.74) is 12.9. The number of benzene rings is 2. The first-order chi connectivity index (χ1) is 26.6. The van der Waals surface area contributed by atoms with Crippen LogP contribution < -0.4 is 26.3 Å². The van der Waals surface area contributed by atoms with E-state index in [1.165, 1.54) is 45.7 Å². The number of aliphatic imine (C=N–C) groups is 3. The summed E-state index contributed by atoms with van der Waals surface area (Å²) in [4.78, 5) is 56.4. The third-order valence-corrected chi connectivity index (χ3v) is 7.08. The number of anilines is 1. The number of nitrogens with zero attached hydrogens (tertiary/aromatic N) is 5. The predicted molar refractivity (Wildman–Crippen MR) is 203 cm³/mol. The normalized spacial score (nSPS) is 12.6. The Hall–Kier alpha value is -6.63. The maximum atomic E-state index is 16.4. The van der Waals surface area contributed by atoms with Gasteiger partial charge >= 0.3 is 24.1 Å². The summed E-state index contributed by atoms with van der Waals surface area (Å²) in [6, 6.07) is 8.71. The zero-order chi connectivity index (χ0) is 41.3. The van der Waals surface area contributed by atoms with Crippen molar-refractivity contribution in [3.8, 4) is 11.5 Å². The molecule has 300 valence electrons. The Morgan fingerprint density at radius 2 is 1.66 bits per heavy atom. The van der Waals surface area contributed by atoms with E-state index in [9.17, 15) is 14.4 Å². The summed E-state index contributed by atoms with van der Waals surface area (Å²) in [5, 5.41) is 3.11. The molecule has 1 heterocycles. The third kappa shape index (κ3) is 14.0. The number of ether oxygens (including phenoxy) is 7. The third-order valence-electron chi connectivity index (χ3n) is 7.08. The quantitative estimate of drug-likeness (QED) is 0.0309. The molecule has 0 aliphatic carbocycles. The van der Waals surface area contributed by atoms with Crippen LogP contribution in [0.25, 0.3) is 0 Å². The van der Waals surface area contributed by atoms with Gasteiger partial charge < -0.3 is 49.9 Å². The lowest BCUT2D eigenvalue weighted by molar-refractivity contribution is -0.164. The van der Waals surface area contributed by atoms with Crippen molar-refractivity contribution in [1.82, 2.24) is 9.97 Å². The fourth-order valence-corrected chi connectivity index (χ4v) is 4.41. The van der Waals surface area contributed by atoms with Crippen molar-refractivity contribution in [3.05, 3.63) is 84.0 Å². The molecule has 0 fully saturated rings. The second kappa shape index (κ2) is 21.3. The molecule has 19 heteroatoms. The van der Waals surface area contributed by atoms with Gasteiger partial charge in [-0.2, -0.15) is 15.0 Å². The first-order valence-electron chi connectivity index (χ1n) is 16.8. The van der Waals surface area contributed by atoms with E-state index in [1.54, 1.807) is 51.1 Å². The second-order valence-corrected chi connectivity index (χ2v) is 12.4. The number of amides is 1.